The molecular formula is C24H29N5O5S3. The fraction of sp³-hybridized carbons (Fsp3) is 0.375. The van der Waals surface area contributed by atoms with Crippen LogP contribution >= 0.6 is 23.1 Å². The van der Waals surface area contributed by atoms with Crippen molar-refractivity contribution in [3.05, 3.63) is 58.9 Å². The van der Waals surface area contributed by atoms with Gasteiger partial charge in [0.05, 0.1) is 22.9 Å². The number of ether oxygens (including phenoxy) is 1. The Balaban J connectivity index is 1.65. The number of aryl methyl sites for hydroxylation is 2. The SMILES string of the molecule is C=CCn1c(CS(=O)(=O)c2ccc(C)cc2)nnc1SCC(=O)Nc1nc(C)c(C(=O)OCC(C)C)s1. The van der Waals surface area contributed by atoms with Crippen molar-refractivity contribution in [1.82, 2.24) is 19.7 Å². The molecule has 10 nitrogen and oxygen atoms in total. The van der Waals surface area contributed by atoms with Crippen LogP contribution in [0.5, 0.6) is 0 Å². The number of nitrogens with one attached hydrogen (secondary N) is 1. The van der Waals surface area contributed by atoms with Gasteiger partial charge in [-0.15, -0.1) is 16.8 Å². The van der Waals surface area contributed by atoms with Crippen LogP contribution in [0.25, 0.3) is 0 Å². The molecule has 1 N–H and O–H groups in total. The number of carbonyl (C=O) groups excluding carboxylic acids is 2. The Kier molecular flexibility index (Phi) is 9.62. The second-order valence-electron chi connectivity index (χ2n) is 8.63. The summed E-state index contributed by atoms with van der Waals surface area (Å²) in [5, 5.41) is 11.5. The average Bonchev–Trinajstić information content (AvgIpc) is 3.38. The van der Waals surface area contributed by atoms with E-state index in [9.17, 15) is 18.0 Å². The van der Waals surface area contributed by atoms with Gasteiger partial charge < -0.3 is 14.6 Å². The minimum absolute atomic E-state index is 0.0221. The lowest BCUT2D eigenvalue weighted by molar-refractivity contribution is -0.113. The largest absolute Gasteiger partial charge is 0.461 e. The zero-order chi connectivity index (χ0) is 27.2. The van der Waals surface area contributed by atoms with E-state index in [0.29, 0.717) is 22.3 Å². The first-order valence-electron chi connectivity index (χ1n) is 11.4. The van der Waals surface area contributed by atoms with Gasteiger partial charge in [-0.3, -0.25) is 4.79 Å². The van der Waals surface area contributed by atoms with Gasteiger partial charge in [-0.25, -0.2) is 18.2 Å². The minimum Gasteiger partial charge on any atom is -0.461 e. The highest BCUT2D eigenvalue weighted by atomic mass is 32.2. The summed E-state index contributed by atoms with van der Waals surface area (Å²) < 4.78 is 32.6. The summed E-state index contributed by atoms with van der Waals surface area (Å²) in [4.78, 5) is 29.6. The number of amides is 1. The van der Waals surface area contributed by atoms with E-state index in [-0.39, 0.29) is 45.7 Å². The predicted molar refractivity (Wildman–Crippen MR) is 144 cm³/mol. The second-order valence-corrected chi connectivity index (χ2v) is 12.6. The molecule has 2 aromatic heterocycles. The molecule has 0 aliphatic carbocycles. The summed E-state index contributed by atoms with van der Waals surface area (Å²) >= 11 is 2.16. The highest BCUT2D eigenvalue weighted by Crippen LogP contribution is 2.25. The van der Waals surface area contributed by atoms with Crippen molar-refractivity contribution >= 4 is 49.9 Å². The van der Waals surface area contributed by atoms with Crippen molar-refractivity contribution in [3.8, 4) is 0 Å². The number of hydrogen-bond donors (Lipinski definition) is 1. The van der Waals surface area contributed by atoms with Gasteiger partial charge in [0.2, 0.25) is 5.91 Å². The van der Waals surface area contributed by atoms with Gasteiger partial charge >= 0.3 is 5.97 Å². The third kappa shape index (κ3) is 7.73. The van der Waals surface area contributed by atoms with Crippen LogP contribution in [-0.4, -0.2) is 52.4 Å². The maximum atomic E-state index is 12.9. The quantitative estimate of drug-likeness (QED) is 0.197. The lowest BCUT2D eigenvalue weighted by Crippen LogP contribution is -2.15. The second kappa shape index (κ2) is 12.5. The van der Waals surface area contributed by atoms with E-state index in [1.807, 2.05) is 20.8 Å². The standard InChI is InChI=1S/C24H29N5O5S3/c1-6-11-29-19(14-37(32,33)18-9-7-16(4)8-10-18)27-28-24(29)35-13-20(30)26-23-25-17(5)21(36-23)22(31)34-12-15(2)3/h6-10,15H,1,11-14H2,2-5H3,(H,25,26,30). The van der Waals surface area contributed by atoms with E-state index in [4.69, 9.17) is 4.74 Å². The summed E-state index contributed by atoms with van der Waals surface area (Å²) in [6.45, 7) is 11.7. The predicted octanol–water partition coefficient (Wildman–Crippen LogP) is 4.05. The number of benzene rings is 1. The van der Waals surface area contributed by atoms with Crippen molar-refractivity contribution < 1.29 is 22.7 Å². The van der Waals surface area contributed by atoms with E-state index in [2.05, 4.69) is 27.1 Å². The highest BCUT2D eigenvalue weighted by Gasteiger charge is 2.22. The molecule has 1 amide bonds. The molecule has 2 heterocycles. The fourth-order valence-electron chi connectivity index (χ4n) is 3.08. The smallest absolute Gasteiger partial charge is 0.350 e. The molecule has 0 aliphatic rings. The zero-order valence-corrected chi connectivity index (χ0v) is 23.5. The lowest BCUT2D eigenvalue weighted by Gasteiger charge is -2.09. The van der Waals surface area contributed by atoms with Gasteiger partial charge in [0, 0.05) is 6.54 Å². The summed E-state index contributed by atoms with van der Waals surface area (Å²) in [5.74, 6) is -0.723. The number of anilines is 1. The molecule has 0 saturated heterocycles. The Morgan fingerprint density at radius 2 is 1.92 bits per heavy atom. The first-order valence-corrected chi connectivity index (χ1v) is 14.8. The number of allylic oxidation sites excluding steroid dienone is 1. The number of sulfone groups is 1. The molecule has 0 fully saturated rings. The van der Waals surface area contributed by atoms with Crippen molar-refractivity contribution in [2.75, 3.05) is 17.7 Å². The molecule has 13 heteroatoms. The number of thioether (sulfide) groups is 1. The monoisotopic (exact) mass is 563 g/mol. The van der Waals surface area contributed by atoms with Crippen LogP contribution in [0, 0.1) is 19.8 Å². The molecule has 0 radical (unpaired) electrons. The third-order valence-corrected chi connectivity index (χ3v) is 8.56. The molecule has 0 unspecified atom stereocenters. The molecule has 37 heavy (non-hydrogen) atoms. The van der Waals surface area contributed by atoms with Gasteiger partial charge in [-0.2, -0.15) is 0 Å². The summed E-state index contributed by atoms with van der Waals surface area (Å²) in [6, 6.07) is 6.61. The van der Waals surface area contributed by atoms with Crippen molar-refractivity contribution in [2.45, 2.75) is 50.0 Å². The third-order valence-electron chi connectivity index (χ3n) is 4.91. The summed E-state index contributed by atoms with van der Waals surface area (Å²) in [6.07, 6.45) is 1.60. The highest BCUT2D eigenvalue weighted by molar-refractivity contribution is 7.99. The van der Waals surface area contributed by atoms with E-state index in [0.717, 1.165) is 28.7 Å². The number of thiazole rings is 1. The average molecular weight is 564 g/mol. The Bertz CT molecular complexity index is 1380. The Morgan fingerprint density at radius 3 is 2.57 bits per heavy atom. The van der Waals surface area contributed by atoms with Crippen LogP contribution < -0.4 is 5.32 Å². The van der Waals surface area contributed by atoms with E-state index >= 15 is 0 Å². The van der Waals surface area contributed by atoms with Gasteiger partial charge in [-0.05, 0) is 31.9 Å². The van der Waals surface area contributed by atoms with E-state index in [1.54, 1.807) is 41.8 Å². The Hall–Kier alpha value is -3.03. The molecule has 198 valence electrons. The topological polar surface area (TPSA) is 133 Å². The zero-order valence-electron chi connectivity index (χ0n) is 21.1. The van der Waals surface area contributed by atoms with Crippen LogP contribution in [0.2, 0.25) is 0 Å². The molecule has 0 aliphatic heterocycles. The maximum Gasteiger partial charge on any atom is 0.350 e. The Morgan fingerprint density at radius 1 is 1.22 bits per heavy atom. The molecule has 3 aromatic rings. The number of rotatable bonds is 12. The van der Waals surface area contributed by atoms with E-state index < -0.39 is 15.8 Å². The summed E-state index contributed by atoms with van der Waals surface area (Å²) in [5.41, 5.74) is 1.44. The van der Waals surface area contributed by atoms with Crippen LogP contribution in [0.3, 0.4) is 0 Å². The molecule has 0 bridgehead atoms. The van der Waals surface area contributed by atoms with E-state index in [1.165, 1.54) is 0 Å². The van der Waals surface area contributed by atoms with Crippen molar-refractivity contribution in [1.29, 1.82) is 0 Å². The maximum absolute atomic E-state index is 12.9. The van der Waals surface area contributed by atoms with Crippen LogP contribution in [-0.2, 0) is 31.7 Å². The Labute approximate surface area is 224 Å². The number of carbonyl (C=O) groups is 2. The first-order chi connectivity index (χ1) is 17.5. The number of esters is 1. The number of aromatic nitrogens is 4. The molecule has 1 aromatic carbocycles. The number of hydrogen-bond acceptors (Lipinski definition) is 10. The normalized spacial score (nSPS) is 11.5. The molecule has 3 rings (SSSR count). The summed E-state index contributed by atoms with van der Waals surface area (Å²) in [7, 11) is -3.64. The minimum atomic E-state index is -3.64. The molecular weight excluding hydrogens is 534 g/mol. The molecule has 0 saturated carbocycles. The van der Waals surface area contributed by atoms with Gasteiger partial charge in [0.1, 0.15) is 16.5 Å². The number of nitrogens with zero attached hydrogens (tertiary/aromatic N) is 4. The molecule has 0 spiro atoms. The molecule has 0 atom stereocenters. The van der Waals surface area contributed by atoms with Gasteiger partial charge in [0.15, 0.2) is 20.1 Å². The van der Waals surface area contributed by atoms with Crippen LogP contribution in [0.4, 0.5) is 5.13 Å². The van der Waals surface area contributed by atoms with Crippen molar-refractivity contribution in [2.24, 2.45) is 5.92 Å². The fourth-order valence-corrected chi connectivity index (χ4v) is 5.99. The lowest BCUT2D eigenvalue weighted by atomic mass is 10.2. The van der Waals surface area contributed by atoms with Crippen molar-refractivity contribution in [3.63, 3.8) is 0 Å². The van der Waals surface area contributed by atoms with Crippen LogP contribution in [0.1, 0.15) is 40.6 Å². The first kappa shape index (κ1) is 28.5. The van der Waals surface area contributed by atoms with Gasteiger partial charge in [0.25, 0.3) is 0 Å². The van der Waals surface area contributed by atoms with Gasteiger partial charge in [-0.1, -0.05) is 60.7 Å². The van der Waals surface area contributed by atoms with Crippen LogP contribution in [0.15, 0.2) is 47.0 Å².